The van der Waals surface area contributed by atoms with Gasteiger partial charge in [-0.2, -0.15) is 0 Å². The van der Waals surface area contributed by atoms with Crippen LogP contribution in [0.4, 0.5) is 0 Å². The van der Waals surface area contributed by atoms with Crippen LogP contribution in [-0.2, 0) is 0 Å². The predicted octanol–water partition coefficient (Wildman–Crippen LogP) is 2.75. The molecule has 1 aliphatic carbocycles. The number of aliphatic hydroxyl groups excluding tert-OH is 1. The maximum atomic E-state index is 8.80. The minimum absolute atomic E-state index is 0.206. The molecule has 0 aromatic rings. The molecule has 0 heterocycles. The van der Waals surface area contributed by atoms with Crippen molar-refractivity contribution in [2.75, 3.05) is 6.61 Å². The summed E-state index contributed by atoms with van der Waals surface area (Å²) in [6.45, 7) is 7.13. The summed E-state index contributed by atoms with van der Waals surface area (Å²) in [6.07, 6.45) is 5.65. The predicted molar refractivity (Wildman–Crippen MR) is 52.0 cm³/mol. The maximum absolute atomic E-state index is 8.80. The number of allylic oxidation sites excluding steroid dienone is 1. The summed E-state index contributed by atoms with van der Waals surface area (Å²) in [5, 5.41) is 8.80. The average molecular weight is 168 g/mol. The molecule has 0 spiro atoms. The van der Waals surface area contributed by atoms with Gasteiger partial charge in [0.1, 0.15) is 0 Å². The van der Waals surface area contributed by atoms with Gasteiger partial charge < -0.3 is 5.11 Å². The molecular formula is C11H20O. The SMILES string of the molecule is C[C@H]1C/C(=C\CO)CC(C)(C)C1. The van der Waals surface area contributed by atoms with E-state index in [1.54, 1.807) is 0 Å². The molecule has 1 atom stereocenters. The van der Waals surface area contributed by atoms with E-state index >= 15 is 0 Å². The molecule has 0 unspecified atom stereocenters. The highest BCUT2D eigenvalue weighted by molar-refractivity contribution is 5.09. The van der Waals surface area contributed by atoms with Crippen LogP contribution in [0.2, 0.25) is 0 Å². The van der Waals surface area contributed by atoms with Gasteiger partial charge in [0.2, 0.25) is 0 Å². The molecule has 0 saturated heterocycles. The summed E-state index contributed by atoms with van der Waals surface area (Å²) in [5.74, 6) is 0.784. The van der Waals surface area contributed by atoms with Gasteiger partial charge in [-0.3, -0.25) is 0 Å². The Kier molecular flexibility index (Phi) is 2.94. The lowest BCUT2D eigenvalue weighted by Gasteiger charge is -2.35. The zero-order valence-electron chi connectivity index (χ0n) is 8.43. The van der Waals surface area contributed by atoms with Crippen molar-refractivity contribution in [3.63, 3.8) is 0 Å². The first-order valence-electron chi connectivity index (χ1n) is 4.82. The summed E-state index contributed by atoms with van der Waals surface area (Å²) in [6, 6.07) is 0. The van der Waals surface area contributed by atoms with E-state index in [-0.39, 0.29) is 6.61 Å². The monoisotopic (exact) mass is 168 g/mol. The Morgan fingerprint density at radius 2 is 2.25 bits per heavy atom. The highest BCUT2D eigenvalue weighted by Gasteiger charge is 2.27. The van der Waals surface area contributed by atoms with Crippen LogP contribution in [0.1, 0.15) is 40.0 Å². The Bertz CT molecular complexity index is 179. The van der Waals surface area contributed by atoms with Crippen LogP contribution in [0.25, 0.3) is 0 Å². The fraction of sp³-hybridized carbons (Fsp3) is 0.818. The summed E-state index contributed by atoms with van der Waals surface area (Å²) in [7, 11) is 0. The van der Waals surface area contributed by atoms with Crippen LogP contribution in [-0.4, -0.2) is 11.7 Å². The van der Waals surface area contributed by atoms with E-state index < -0.39 is 0 Å². The van der Waals surface area contributed by atoms with Crippen LogP contribution in [0.3, 0.4) is 0 Å². The minimum Gasteiger partial charge on any atom is -0.392 e. The van der Waals surface area contributed by atoms with Crippen LogP contribution < -0.4 is 0 Å². The lowest BCUT2D eigenvalue weighted by Crippen LogP contribution is -2.22. The third kappa shape index (κ3) is 2.63. The fourth-order valence-corrected chi connectivity index (χ4v) is 2.51. The number of rotatable bonds is 1. The zero-order valence-corrected chi connectivity index (χ0v) is 8.43. The molecule has 1 saturated carbocycles. The van der Waals surface area contributed by atoms with Crippen molar-refractivity contribution in [1.29, 1.82) is 0 Å². The molecule has 1 rings (SSSR count). The first kappa shape index (κ1) is 9.79. The molecule has 1 N–H and O–H groups in total. The van der Waals surface area contributed by atoms with E-state index in [1.807, 2.05) is 6.08 Å². The first-order valence-corrected chi connectivity index (χ1v) is 4.82. The summed E-state index contributed by atoms with van der Waals surface area (Å²) < 4.78 is 0. The molecule has 0 amide bonds. The van der Waals surface area contributed by atoms with Crippen molar-refractivity contribution < 1.29 is 5.11 Å². The second kappa shape index (κ2) is 3.61. The molecule has 0 radical (unpaired) electrons. The van der Waals surface area contributed by atoms with Gasteiger partial charge in [-0.05, 0) is 30.6 Å². The van der Waals surface area contributed by atoms with Crippen molar-refractivity contribution in [3.05, 3.63) is 11.6 Å². The van der Waals surface area contributed by atoms with Gasteiger partial charge >= 0.3 is 0 Å². The van der Waals surface area contributed by atoms with Crippen molar-refractivity contribution in [2.24, 2.45) is 11.3 Å². The summed E-state index contributed by atoms with van der Waals surface area (Å²) in [5.41, 5.74) is 1.89. The highest BCUT2D eigenvalue weighted by Crippen LogP contribution is 2.40. The maximum Gasteiger partial charge on any atom is 0.0615 e. The van der Waals surface area contributed by atoms with E-state index in [4.69, 9.17) is 5.11 Å². The minimum atomic E-state index is 0.206. The smallest absolute Gasteiger partial charge is 0.0615 e. The van der Waals surface area contributed by atoms with Crippen LogP contribution in [0, 0.1) is 11.3 Å². The Labute approximate surface area is 75.5 Å². The normalized spacial score (nSPS) is 32.3. The van der Waals surface area contributed by atoms with E-state index in [9.17, 15) is 0 Å². The van der Waals surface area contributed by atoms with E-state index in [1.165, 1.54) is 18.4 Å². The molecule has 12 heavy (non-hydrogen) atoms. The lowest BCUT2D eigenvalue weighted by atomic mass is 9.70. The molecule has 1 aliphatic rings. The average Bonchev–Trinajstić information content (AvgIpc) is 1.82. The van der Waals surface area contributed by atoms with E-state index in [0.29, 0.717) is 5.41 Å². The van der Waals surface area contributed by atoms with Gasteiger partial charge in [-0.15, -0.1) is 0 Å². The molecular weight excluding hydrogens is 148 g/mol. The third-order valence-corrected chi connectivity index (χ3v) is 2.60. The summed E-state index contributed by atoms with van der Waals surface area (Å²) >= 11 is 0. The lowest BCUT2D eigenvalue weighted by molar-refractivity contribution is 0.232. The highest BCUT2D eigenvalue weighted by atomic mass is 16.2. The van der Waals surface area contributed by atoms with Crippen molar-refractivity contribution >= 4 is 0 Å². The van der Waals surface area contributed by atoms with Crippen molar-refractivity contribution in [1.82, 2.24) is 0 Å². The topological polar surface area (TPSA) is 20.2 Å². The summed E-state index contributed by atoms with van der Waals surface area (Å²) in [4.78, 5) is 0. The Morgan fingerprint density at radius 1 is 1.58 bits per heavy atom. The van der Waals surface area contributed by atoms with Crippen LogP contribution in [0.5, 0.6) is 0 Å². The van der Waals surface area contributed by atoms with Gasteiger partial charge in [0.05, 0.1) is 6.61 Å². The van der Waals surface area contributed by atoms with Gasteiger partial charge in [0.15, 0.2) is 0 Å². The molecule has 1 heteroatoms. The Hall–Kier alpha value is -0.300. The standard InChI is InChI=1S/C11H20O/c1-9-6-10(4-5-12)8-11(2,3)7-9/h4,9,12H,5-8H2,1-3H3/b10-4+/t9-/m0/s1. The van der Waals surface area contributed by atoms with E-state index in [2.05, 4.69) is 20.8 Å². The van der Waals surface area contributed by atoms with Gasteiger partial charge in [0, 0.05) is 0 Å². The fourth-order valence-electron chi connectivity index (χ4n) is 2.51. The van der Waals surface area contributed by atoms with Gasteiger partial charge in [-0.25, -0.2) is 0 Å². The zero-order chi connectivity index (χ0) is 9.19. The number of hydrogen-bond acceptors (Lipinski definition) is 1. The number of hydrogen-bond donors (Lipinski definition) is 1. The Balaban J connectivity index is 2.64. The molecule has 0 aromatic heterocycles. The molecule has 0 bridgehead atoms. The molecule has 1 fully saturated rings. The molecule has 0 aliphatic heterocycles. The van der Waals surface area contributed by atoms with E-state index in [0.717, 1.165) is 12.3 Å². The second-order valence-corrected chi connectivity index (χ2v) is 4.90. The van der Waals surface area contributed by atoms with Crippen molar-refractivity contribution in [3.8, 4) is 0 Å². The second-order valence-electron chi connectivity index (χ2n) is 4.90. The number of aliphatic hydroxyl groups is 1. The molecule has 0 aromatic carbocycles. The largest absolute Gasteiger partial charge is 0.392 e. The van der Waals surface area contributed by atoms with Crippen LogP contribution >= 0.6 is 0 Å². The van der Waals surface area contributed by atoms with Crippen LogP contribution in [0.15, 0.2) is 11.6 Å². The Morgan fingerprint density at radius 3 is 2.75 bits per heavy atom. The molecule has 70 valence electrons. The van der Waals surface area contributed by atoms with Gasteiger partial charge in [-0.1, -0.05) is 32.4 Å². The molecule has 1 nitrogen and oxygen atoms in total. The third-order valence-electron chi connectivity index (χ3n) is 2.60. The first-order chi connectivity index (χ1) is 5.53. The van der Waals surface area contributed by atoms with Crippen molar-refractivity contribution in [2.45, 2.75) is 40.0 Å². The van der Waals surface area contributed by atoms with Gasteiger partial charge in [0.25, 0.3) is 0 Å². The quantitative estimate of drug-likeness (QED) is 0.597.